The van der Waals surface area contributed by atoms with Crippen molar-refractivity contribution in [2.24, 2.45) is 28.9 Å². The molecule has 12 nitrogen and oxygen atoms in total. The van der Waals surface area contributed by atoms with Gasteiger partial charge < -0.3 is 43.0 Å². The van der Waals surface area contributed by atoms with Gasteiger partial charge >= 0.3 is 23.9 Å². The van der Waals surface area contributed by atoms with E-state index in [2.05, 4.69) is 4.74 Å². The van der Waals surface area contributed by atoms with Gasteiger partial charge in [-0.3, -0.25) is 19.2 Å². The van der Waals surface area contributed by atoms with Crippen LogP contribution >= 0.6 is 11.8 Å². The van der Waals surface area contributed by atoms with Gasteiger partial charge in [0.05, 0.1) is 0 Å². The molecule has 0 heterocycles. The van der Waals surface area contributed by atoms with Crippen LogP contribution in [0.1, 0.15) is 33.6 Å². The molecular weight excluding hydrogens is 420 g/mol. The lowest BCUT2D eigenvalue weighted by molar-refractivity contribution is -0.150. The van der Waals surface area contributed by atoms with Crippen LogP contribution in [0.2, 0.25) is 0 Å². The highest BCUT2D eigenvalue weighted by molar-refractivity contribution is 7.98. The molecule has 0 radical (unpaired) electrons. The summed E-state index contributed by atoms with van der Waals surface area (Å²) < 4.78 is 4.68. The van der Waals surface area contributed by atoms with Crippen molar-refractivity contribution in [3.05, 3.63) is 0 Å². The van der Waals surface area contributed by atoms with Crippen LogP contribution in [-0.2, 0) is 23.9 Å². The predicted molar refractivity (Wildman–Crippen MR) is 114 cm³/mol. The molecule has 0 unspecified atom stereocenters. The largest absolute Gasteiger partial charge is 0.480 e. The highest BCUT2D eigenvalue weighted by Gasteiger charge is 2.22. The number of rotatable bonds is 11. The zero-order valence-corrected chi connectivity index (χ0v) is 18.6. The molecule has 30 heavy (non-hydrogen) atoms. The third-order valence-electron chi connectivity index (χ3n) is 3.59. The van der Waals surface area contributed by atoms with Crippen molar-refractivity contribution in [1.82, 2.24) is 0 Å². The van der Waals surface area contributed by atoms with Gasteiger partial charge in [-0.15, -0.1) is 0 Å². The van der Waals surface area contributed by atoms with Gasteiger partial charge in [0.1, 0.15) is 30.8 Å². The molecule has 0 aromatic heterocycles. The number of hydrogen-bond acceptors (Lipinski definition) is 10. The Balaban J connectivity index is -0.000000411. The number of ether oxygens (including phenoxy) is 1. The number of carbonyl (C=O) groups is 4. The molecule has 0 aliphatic rings. The third-order valence-corrected chi connectivity index (χ3v) is 4.24. The number of carboxylic acid groups (broad SMARTS) is 3. The van der Waals surface area contributed by atoms with E-state index in [0.717, 1.165) is 12.2 Å². The predicted octanol–water partition coefficient (Wildman–Crippen LogP) is -1.12. The van der Waals surface area contributed by atoms with Crippen LogP contribution in [0.4, 0.5) is 0 Å². The fourth-order valence-electron chi connectivity index (χ4n) is 1.19. The fourth-order valence-corrected chi connectivity index (χ4v) is 1.68. The van der Waals surface area contributed by atoms with Gasteiger partial charge in [0.2, 0.25) is 0 Å². The first-order chi connectivity index (χ1) is 13.7. The molecule has 0 aliphatic carbocycles. The summed E-state index contributed by atoms with van der Waals surface area (Å²) in [7, 11) is 0. The first-order valence-corrected chi connectivity index (χ1v) is 10.5. The van der Waals surface area contributed by atoms with E-state index in [1.54, 1.807) is 11.8 Å². The molecule has 0 fully saturated rings. The van der Waals surface area contributed by atoms with Crippen molar-refractivity contribution >= 4 is 35.6 Å². The second-order valence-corrected chi connectivity index (χ2v) is 7.32. The van der Waals surface area contributed by atoms with Crippen LogP contribution in [0, 0.1) is 5.92 Å². The number of carbonyl (C=O) groups excluding carboxylic acids is 1. The van der Waals surface area contributed by atoms with E-state index in [9.17, 15) is 19.2 Å². The summed E-state index contributed by atoms with van der Waals surface area (Å²) in [6.45, 7) is 4.80. The normalized spacial score (nSPS) is 14.9. The summed E-state index contributed by atoms with van der Waals surface area (Å²) >= 11 is 1.60. The zero-order chi connectivity index (χ0) is 24.4. The molecule has 0 aromatic carbocycles. The minimum atomic E-state index is -1.21. The Kier molecular flexibility index (Phi) is 20.8. The Morgan fingerprint density at radius 1 is 0.900 bits per heavy atom. The van der Waals surface area contributed by atoms with E-state index in [1.165, 1.54) is 6.92 Å². The molecule has 0 amide bonds. The van der Waals surface area contributed by atoms with Gasteiger partial charge in [0.15, 0.2) is 0 Å². The van der Waals surface area contributed by atoms with Gasteiger partial charge in [-0.25, -0.2) is 0 Å². The lowest BCUT2D eigenvalue weighted by Gasteiger charge is -2.17. The van der Waals surface area contributed by atoms with Crippen LogP contribution in [0.5, 0.6) is 0 Å². The van der Waals surface area contributed by atoms with E-state index in [-0.39, 0.29) is 12.5 Å². The standard InChI is InChI=1S/C9H18N2O4.C5H11NO2S.C3H7NO2/c1-3-5(2)7(11)9(14)15-4-6(10)8(12)13;1-9-3-2-4(6)5(7)8;1-2(4)3(5)6/h5-7H,3-4,10-11H2,1-2H3,(H,12,13);4H,2-3,6H2,1H3,(H,7,8);2H,4H2,1H3,(H,5,6)/t5-,6-,7-;4-;2-/m000/s1. The van der Waals surface area contributed by atoms with Crippen LogP contribution < -0.4 is 22.9 Å². The monoisotopic (exact) mass is 456 g/mol. The summed E-state index contributed by atoms with van der Waals surface area (Å²) in [5.74, 6) is -2.88. The van der Waals surface area contributed by atoms with Gasteiger partial charge in [-0.05, 0) is 31.3 Å². The van der Waals surface area contributed by atoms with E-state index < -0.39 is 48.0 Å². The Labute approximate surface area is 180 Å². The van der Waals surface area contributed by atoms with Gasteiger partial charge in [-0.2, -0.15) is 11.8 Å². The van der Waals surface area contributed by atoms with Crippen LogP contribution in [-0.4, -0.2) is 82.0 Å². The van der Waals surface area contributed by atoms with Crippen molar-refractivity contribution in [1.29, 1.82) is 0 Å². The van der Waals surface area contributed by atoms with E-state index in [0.29, 0.717) is 6.42 Å². The Morgan fingerprint density at radius 3 is 1.63 bits per heavy atom. The molecule has 0 saturated heterocycles. The minimum absolute atomic E-state index is 0.00134. The molecule has 0 bridgehead atoms. The molecule has 0 spiro atoms. The summed E-state index contributed by atoms with van der Waals surface area (Å²) in [4.78, 5) is 41.2. The van der Waals surface area contributed by atoms with Gasteiger partial charge in [0, 0.05) is 0 Å². The average Bonchev–Trinajstić information content (AvgIpc) is 2.69. The van der Waals surface area contributed by atoms with Crippen LogP contribution in [0.25, 0.3) is 0 Å². The molecule has 5 atom stereocenters. The number of esters is 1. The molecule has 0 aliphatic heterocycles. The van der Waals surface area contributed by atoms with Crippen LogP contribution in [0.15, 0.2) is 0 Å². The van der Waals surface area contributed by atoms with Crippen molar-refractivity contribution < 1.29 is 39.2 Å². The first-order valence-electron chi connectivity index (χ1n) is 9.08. The number of hydrogen-bond donors (Lipinski definition) is 7. The SMILES string of the molecule is CC[C@H](C)[C@H](N)C(=O)OC[C@H](N)C(=O)O.CSCC[C@H](N)C(=O)O.C[C@H](N)C(=O)O. The first kappa shape index (κ1) is 32.7. The quantitative estimate of drug-likeness (QED) is 0.182. The third kappa shape index (κ3) is 19.4. The van der Waals surface area contributed by atoms with E-state index in [1.807, 2.05) is 20.1 Å². The second kappa shape index (κ2) is 19.1. The fraction of sp³-hybridized carbons (Fsp3) is 0.765. The number of thioether (sulfide) groups is 1. The number of carboxylic acids is 3. The van der Waals surface area contributed by atoms with Crippen molar-refractivity contribution in [2.45, 2.75) is 57.8 Å². The molecule has 178 valence electrons. The number of aliphatic carboxylic acids is 3. The maximum absolute atomic E-state index is 11.3. The summed E-state index contributed by atoms with van der Waals surface area (Å²) in [6, 6.07) is -3.34. The number of nitrogens with two attached hydrogens (primary N) is 4. The molecule has 0 rings (SSSR count). The van der Waals surface area contributed by atoms with Gasteiger partial charge in [0.25, 0.3) is 0 Å². The Morgan fingerprint density at radius 2 is 1.33 bits per heavy atom. The highest BCUT2D eigenvalue weighted by atomic mass is 32.2. The van der Waals surface area contributed by atoms with Gasteiger partial charge in [-0.1, -0.05) is 20.3 Å². The highest BCUT2D eigenvalue weighted by Crippen LogP contribution is 2.06. The smallest absolute Gasteiger partial charge is 0.324 e. The lowest BCUT2D eigenvalue weighted by atomic mass is 10.0. The molecule has 0 aromatic rings. The Hall–Kier alpha value is -1.93. The van der Waals surface area contributed by atoms with E-state index in [4.69, 9.17) is 38.3 Å². The molecule has 0 saturated carbocycles. The Bertz CT molecular complexity index is 522. The summed E-state index contributed by atoms with van der Waals surface area (Å²) in [5, 5.41) is 24.6. The maximum atomic E-state index is 11.3. The molecule has 13 heteroatoms. The zero-order valence-electron chi connectivity index (χ0n) is 17.8. The molecular formula is C17H36N4O8S. The average molecular weight is 457 g/mol. The summed E-state index contributed by atoms with van der Waals surface area (Å²) in [5.41, 5.74) is 20.8. The van der Waals surface area contributed by atoms with Crippen molar-refractivity contribution in [2.75, 3.05) is 18.6 Å². The van der Waals surface area contributed by atoms with Crippen molar-refractivity contribution in [3.63, 3.8) is 0 Å². The minimum Gasteiger partial charge on any atom is -0.480 e. The second-order valence-electron chi connectivity index (χ2n) is 6.34. The topological polar surface area (TPSA) is 242 Å². The van der Waals surface area contributed by atoms with E-state index >= 15 is 0 Å². The maximum Gasteiger partial charge on any atom is 0.324 e. The lowest BCUT2D eigenvalue weighted by Crippen LogP contribution is -2.42. The van der Waals surface area contributed by atoms with Crippen LogP contribution in [0.3, 0.4) is 0 Å². The summed E-state index contributed by atoms with van der Waals surface area (Å²) in [6.07, 6.45) is 3.23. The van der Waals surface area contributed by atoms with Crippen molar-refractivity contribution in [3.8, 4) is 0 Å². The molecule has 11 N–H and O–H groups in total.